The third kappa shape index (κ3) is 3.27. The van der Waals surface area contributed by atoms with E-state index in [9.17, 15) is 4.79 Å². The van der Waals surface area contributed by atoms with Gasteiger partial charge in [0.15, 0.2) is 5.82 Å². The molecule has 1 aliphatic rings. The molecule has 0 unspecified atom stereocenters. The van der Waals surface area contributed by atoms with E-state index < -0.39 is 0 Å². The molecule has 8 heteroatoms. The lowest BCUT2D eigenvalue weighted by Crippen LogP contribution is -2.45. The number of para-hydroxylation sites is 1. The lowest BCUT2D eigenvalue weighted by molar-refractivity contribution is 0.0953. The molecule has 0 saturated carbocycles. The number of fused-ring (bicyclic) bond motifs is 1. The van der Waals surface area contributed by atoms with Crippen LogP contribution in [0.1, 0.15) is 16.2 Å². The SMILES string of the molecule is O=C(c1ccccc1)N1CCSc2nnc(COc3ccccc3Cl)n21. The van der Waals surface area contributed by atoms with E-state index >= 15 is 0 Å². The number of carbonyl (C=O) groups is 1. The zero-order chi connectivity index (χ0) is 17.9. The Morgan fingerprint density at radius 2 is 1.88 bits per heavy atom. The molecular formula is C18H15ClN4O2S. The highest BCUT2D eigenvalue weighted by molar-refractivity contribution is 7.99. The molecule has 3 aromatic rings. The summed E-state index contributed by atoms with van der Waals surface area (Å²) in [7, 11) is 0. The molecule has 1 aromatic heterocycles. The first-order valence-corrected chi connectivity index (χ1v) is 9.42. The van der Waals surface area contributed by atoms with E-state index in [1.54, 1.807) is 45.7 Å². The largest absolute Gasteiger partial charge is 0.484 e. The standard InChI is InChI=1S/C18H15ClN4O2S/c19-14-8-4-5-9-15(14)25-12-16-20-21-18-23(16)22(10-11-26-18)17(24)13-6-2-1-3-7-13/h1-9H,10-12H2. The van der Waals surface area contributed by atoms with Gasteiger partial charge in [-0.1, -0.05) is 53.7 Å². The molecular weight excluding hydrogens is 372 g/mol. The molecule has 1 aliphatic heterocycles. The number of halogens is 1. The fourth-order valence-electron chi connectivity index (χ4n) is 2.67. The lowest BCUT2D eigenvalue weighted by Gasteiger charge is -2.29. The van der Waals surface area contributed by atoms with Gasteiger partial charge in [0.05, 0.1) is 11.6 Å². The smallest absolute Gasteiger partial charge is 0.272 e. The summed E-state index contributed by atoms with van der Waals surface area (Å²) in [4.78, 5) is 12.9. The topological polar surface area (TPSA) is 60.3 Å². The molecule has 132 valence electrons. The average Bonchev–Trinajstić information content (AvgIpc) is 3.11. The van der Waals surface area contributed by atoms with E-state index in [-0.39, 0.29) is 12.5 Å². The maximum Gasteiger partial charge on any atom is 0.272 e. The van der Waals surface area contributed by atoms with Crippen LogP contribution in [0.25, 0.3) is 0 Å². The Bertz CT molecular complexity index is 932. The molecule has 2 aromatic carbocycles. The molecule has 0 N–H and O–H groups in total. The van der Waals surface area contributed by atoms with Crippen LogP contribution < -0.4 is 9.75 Å². The van der Waals surface area contributed by atoms with Crippen molar-refractivity contribution in [2.75, 3.05) is 17.3 Å². The zero-order valence-corrected chi connectivity index (χ0v) is 15.3. The Morgan fingerprint density at radius 3 is 2.69 bits per heavy atom. The van der Waals surface area contributed by atoms with Crippen LogP contribution in [0.4, 0.5) is 0 Å². The van der Waals surface area contributed by atoms with E-state index in [1.165, 1.54) is 0 Å². The highest BCUT2D eigenvalue weighted by Crippen LogP contribution is 2.26. The summed E-state index contributed by atoms with van der Waals surface area (Å²) in [5, 5.41) is 11.2. The van der Waals surface area contributed by atoms with Crippen molar-refractivity contribution in [2.24, 2.45) is 0 Å². The number of aromatic nitrogens is 3. The monoisotopic (exact) mass is 386 g/mol. The normalized spacial score (nSPS) is 13.3. The average molecular weight is 387 g/mol. The van der Waals surface area contributed by atoms with Crippen LogP contribution in [0.15, 0.2) is 59.8 Å². The number of amides is 1. The Labute approximate surface area is 159 Å². The van der Waals surface area contributed by atoms with Crippen molar-refractivity contribution in [3.63, 3.8) is 0 Å². The third-order valence-electron chi connectivity index (χ3n) is 3.90. The van der Waals surface area contributed by atoms with Crippen molar-refractivity contribution >= 4 is 29.3 Å². The number of hydrogen-bond donors (Lipinski definition) is 0. The van der Waals surface area contributed by atoms with Crippen LogP contribution in [0, 0.1) is 0 Å². The molecule has 0 fully saturated rings. The second-order valence-corrected chi connectivity index (χ2v) is 7.04. The van der Waals surface area contributed by atoms with Gasteiger partial charge in [-0.05, 0) is 24.3 Å². The fourth-order valence-corrected chi connectivity index (χ4v) is 3.73. The van der Waals surface area contributed by atoms with Crippen LogP contribution in [0.5, 0.6) is 5.75 Å². The minimum Gasteiger partial charge on any atom is -0.484 e. The van der Waals surface area contributed by atoms with Gasteiger partial charge < -0.3 is 4.74 Å². The molecule has 0 atom stereocenters. The molecule has 0 spiro atoms. The van der Waals surface area contributed by atoms with Gasteiger partial charge in [-0.2, -0.15) is 0 Å². The molecule has 0 radical (unpaired) electrons. The van der Waals surface area contributed by atoms with Crippen LogP contribution in [0.2, 0.25) is 5.02 Å². The van der Waals surface area contributed by atoms with Crippen LogP contribution >= 0.6 is 23.4 Å². The van der Waals surface area contributed by atoms with Gasteiger partial charge >= 0.3 is 0 Å². The molecule has 0 saturated heterocycles. The van der Waals surface area contributed by atoms with E-state index in [2.05, 4.69) is 10.2 Å². The van der Waals surface area contributed by atoms with Gasteiger partial charge in [-0.25, -0.2) is 9.69 Å². The summed E-state index contributed by atoms with van der Waals surface area (Å²) in [6.07, 6.45) is 0. The van der Waals surface area contributed by atoms with Crippen molar-refractivity contribution in [3.05, 3.63) is 71.0 Å². The van der Waals surface area contributed by atoms with Gasteiger partial charge in [0.2, 0.25) is 5.16 Å². The Morgan fingerprint density at radius 1 is 1.12 bits per heavy atom. The maximum absolute atomic E-state index is 12.9. The van der Waals surface area contributed by atoms with Crippen molar-refractivity contribution < 1.29 is 9.53 Å². The predicted molar refractivity (Wildman–Crippen MR) is 100 cm³/mol. The highest BCUT2D eigenvalue weighted by Gasteiger charge is 2.28. The Kier molecular flexibility index (Phi) is 4.81. The number of benzene rings is 2. The Balaban J connectivity index is 1.60. The number of nitrogens with zero attached hydrogens (tertiary/aromatic N) is 4. The fraction of sp³-hybridized carbons (Fsp3) is 0.167. The summed E-state index contributed by atoms with van der Waals surface area (Å²) in [6.45, 7) is 0.735. The number of ether oxygens (including phenoxy) is 1. The summed E-state index contributed by atoms with van der Waals surface area (Å²) < 4.78 is 7.51. The van der Waals surface area contributed by atoms with Crippen molar-refractivity contribution in [2.45, 2.75) is 11.8 Å². The van der Waals surface area contributed by atoms with Crippen molar-refractivity contribution in [1.29, 1.82) is 0 Å². The van der Waals surface area contributed by atoms with Gasteiger partial charge in [0.25, 0.3) is 5.91 Å². The molecule has 0 aliphatic carbocycles. The van der Waals surface area contributed by atoms with Gasteiger partial charge in [0.1, 0.15) is 12.4 Å². The number of thioether (sulfide) groups is 1. The predicted octanol–water partition coefficient (Wildman–Crippen LogP) is 3.39. The minimum atomic E-state index is -0.0917. The Hall–Kier alpha value is -2.51. The summed E-state index contributed by atoms with van der Waals surface area (Å²) in [6, 6.07) is 16.4. The minimum absolute atomic E-state index is 0.0917. The molecule has 2 heterocycles. The maximum atomic E-state index is 12.9. The molecule has 26 heavy (non-hydrogen) atoms. The van der Waals surface area contributed by atoms with Crippen molar-refractivity contribution in [3.8, 4) is 5.75 Å². The lowest BCUT2D eigenvalue weighted by atomic mass is 10.2. The zero-order valence-electron chi connectivity index (χ0n) is 13.7. The van der Waals surface area contributed by atoms with Gasteiger partial charge in [-0.15, -0.1) is 10.2 Å². The first kappa shape index (κ1) is 16.9. The third-order valence-corrected chi connectivity index (χ3v) is 5.11. The molecule has 4 rings (SSSR count). The summed E-state index contributed by atoms with van der Waals surface area (Å²) in [5.41, 5.74) is 0.622. The van der Waals surface area contributed by atoms with Crippen LogP contribution in [-0.2, 0) is 6.61 Å². The van der Waals surface area contributed by atoms with Crippen LogP contribution in [0.3, 0.4) is 0 Å². The molecule has 0 bridgehead atoms. The van der Waals surface area contributed by atoms with Crippen molar-refractivity contribution in [1.82, 2.24) is 14.9 Å². The van der Waals surface area contributed by atoms with Crippen LogP contribution in [-0.4, -0.2) is 33.1 Å². The summed E-state index contributed by atoms with van der Waals surface area (Å²) >= 11 is 7.70. The van der Waals surface area contributed by atoms with E-state index in [4.69, 9.17) is 16.3 Å². The number of rotatable bonds is 4. The quantitative estimate of drug-likeness (QED) is 0.687. The van der Waals surface area contributed by atoms with Gasteiger partial charge in [-0.3, -0.25) is 4.79 Å². The second kappa shape index (κ2) is 7.39. The number of hydrogen-bond acceptors (Lipinski definition) is 5. The summed E-state index contributed by atoms with van der Waals surface area (Å²) in [5.74, 6) is 1.79. The van der Waals surface area contributed by atoms with E-state index in [1.807, 2.05) is 30.3 Å². The first-order chi connectivity index (χ1) is 12.7. The van der Waals surface area contributed by atoms with Gasteiger partial charge in [0, 0.05) is 11.3 Å². The molecule has 6 nitrogen and oxygen atoms in total. The molecule has 1 amide bonds. The number of carbonyl (C=O) groups excluding carboxylic acids is 1. The first-order valence-electron chi connectivity index (χ1n) is 8.05. The highest BCUT2D eigenvalue weighted by atomic mass is 35.5. The second-order valence-electron chi connectivity index (χ2n) is 5.57. The van der Waals surface area contributed by atoms with E-state index in [0.29, 0.717) is 33.9 Å². The van der Waals surface area contributed by atoms with E-state index in [0.717, 1.165) is 5.75 Å².